The number of aromatic nitrogens is 1. The third-order valence-electron chi connectivity index (χ3n) is 7.37. The molecule has 0 saturated carbocycles. The molecule has 0 spiro atoms. The van der Waals surface area contributed by atoms with Crippen LogP contribution in [-0.2, 0) is 0 Å². The van der Waals surface area contributed by atoms with Crippen molar-refractivity contribution in [3.05, 3.63) is 43.6 Å². The number of hydrogen-bond donors (Lipinski definition) is 2. The average molecular weight is 613 g/mol. The number of ether oxygens (including phenoxy) is 4. The summed E-state index contributed by atoms with van der Waals surface area (Å²) in [5.41, 5.74) is -1.38. The summed E-state index contributed by atoms with van der Waals surface area (Å²) in [6, 6.07) is 2.31. The van der Waals surface area contributed by atoms with Crippen molar-refractivity contribution in [2.24, 2.45) is 4.99 Å². The average Bonchev–Trinajstić information content (AvgIpc) is 3.53. The van der Waals surface area contributed by atoms with Gasteiger partial charge in [-0.2, -0.15) is 0 Å². The fourth-order valence-corrected chi connectivity index (χ4v) is 5.13. The van der Waals surface area contributed by atoms with Gasteiger partial charge < -0.3 is 29.0 Å². The summed E-state index contributed by atoms with van der Waals surface area (Å²) in [4.78, 5) is 43.9. The Morgan fingerprint density at radius 3 is 1.93 bits per heavy atom. The molecule has 0 fully saturated rings. The first-order valence-corrected chi connectivity index (χ1v) is 14.6. The fraction of sp³-hybridized carbons (Fsp3) is 0.467. The lowest BCUT2D eigenvalue weighted by Crippen LogP contribution is -2.14. The number of rotatable bonds is 17. The van der Waals surface area contributed by atoms with E-state index in [1.54, 1.807) is 0 Å². The first-order chi connectivity index (χ1) is 21.2. The smallest absolute Gasteiger partial charge is 0.315 e. The van der Waals surface area contributed by atoms with Crippen LogP contribution < -0.4 is 18.9 Å². The molecule has 0 radical (unpaired) electrons. The number of aromatic hydroxyl groups is 1. The molecule has 236 valence electrons. The number of fused-ring (bicyclic) bond motifs is 2. The highest BCUT2D eigenvalue weighted by Crippen LogP contribution is 2.51. The Morgan fingerprint density at radius 1 is 0.841 bits per heavy atom. The third kappa shape index (κ3) is 6.10. The number of nitrogens with zero attached hydrogens (tertiary/aromatic N) is 3. The number of methoxy groups -OCH3 is 2. The summed E-state index contributed by atoms with van der Waals surface area (Å²) < 4.78 is 22.4. The number of carbonyl (C=O) groups is 1. The molecule has 1 aliphatic heterocycles. The Hall–Kier alpha value is -4.88. The van der Waals surface area contributed by atoms with E-state index in [-0.39, 0.29) is 69.8 Å². The van der Waals surface area contributed by atoms with Crippen molar-refractivity contribution in [3.63, 3.8) is 0 Å². The Balaban J connectivity index is 1.84. The molecular weight excluding hydrogens is 576 g/mol. The Bertz CT molecular complexity index is 1610. The molecule has 1 aromatic heterocycles. The first kappa shape index (κ1) is 32.0. The van der Waals surface area contributed by atoms with Gasteiger partial charge in [0.05, 0.1) is 60.3 Å². The van der Waals surface area contributed by atoms with Gasteiger partial charge in [0.2, 0.25) is 17.3 Å². The highest BCUT2D eigenvalue weighted by molar-refractivity contribution is 6.56. The van der Waals surface area contributed by atoms with Crippen LogP contribution in [0.2, 0.25) is 0 Å². The minimum atomic E-state index is -0.761. The number of aromatic amines is 1. The van der Waals surface area contributed by atoms with Gasteiger partial charge in [-0.3, -0.25) is 25.0 Å². The molecule has 2 heterocycles. The van der Waals surface area contributed by atoms with Crippen LogP contribution in [-0.4, -0.2) is 58.9 Å². The molecule has 4 rings (SSSR count). The van der Waals surface area contributed by atoms with Crippen LogP contribution in [0.15, 0.2) is 17.1 Å². The van der Waals surface area contributed by atoms with Gasteiger partial charge in [-0.05, 0) is 12.8 Å². The lowest BCUT2D eigenvalue weighted by molar-refractivity contribution is -0.386. The van der Waals surface area contributed by atoms with E-state index in [9.17, 15) is 30.1 Å². The van der Waals surface area contributed by atoms with Crippen LogP contribution in [0.25, 0.3) is 10.9 Å². The maximum absolute atomic E-state index is 13.9. The van der Waals surface area contributed by atoms with Gasteiger partial charge in [-0.1, -0.05) is 52.4 Å². The number of H-pyrrole nitrogens is 1. The predicted octanol–water partition coefficient (Wildman–Crippen LogP) is 6.94. The van der Waals surface area contributed by atoms with E-state index in [1.807, 2.05) is 0 Å². The maximum atomic E-state index is 13.9. The molecule has 0 bridgehead atoms. The number of Topliss-reactive ketones (excluding diaryl/α,β-unsaturated/α-hetero) is 1. The number of nitrogens with one attached hydrogen (secondary N) is 1. The highest BCUT2D eigenvalue weighted by Gasteiger charge is 2.40. The van der Waals surface area contributed by atoms with Gasteiger partial charge in [0, 0.05) is 0 Å². The van der Waals surface area contributed by atoms with Gasteiger partial charge in [0.25, 0.3) is 0 Å². The van der Waals surface area contributed by atoms with Gasteiger partial charge in [0.1, 0.15) is 28.4 Å². The van der Waals surface area contributed by atoms with Crippen molar-refractivity contribution in [1.82, 2.24) is 4.98 Å². The summed E-state index contributed by atoms with van der Waals surface area (Å²) in [5.74, 6) is -1.72. The molecule has 0 amide bonds. The summed E-state index contributed by atoms with van der Waals surface area (Å²) >= 11 is 0. The molecule has 14 nitrogen and oxygen atoms in total. The van der Waals surface area contributed by atoms with E-state index in [1.165, 1.54) is 20.3 Å². The molecule has 2 N–H and O–H groups in total. The van der Waals surface area contributed by atoms with E-state index in [0.29, 0.717) is 12.8 Å². The second kappa shape index (κ2) is 14.1. The Labute approximate surface area is 253 Å². The number of nitro benzene ring substituents is 2. The minimum Gasteiger partial charge on any atom is -0.505 e. The SMILES string of the molecule is CCCCCCOc1c([N+](=O)[O-])cc(OC)c2c1C(=O)C(c1[nH]c3c(OC)cc([N+](=O)[O-])c(OCCCCCC)c3c1O)=N2. The number of ketones is 1. The molecule has 1 aliphatic rings. The zero-order valence-electron chi connectivity index (χ0n) is 25.2. The molecular formula is C30H36N4O10. The van der Waals surface area contributed by atoms with Crippen molar-refractivity contribution in [3.8, 4) is 28.7 Å². The fourth-order valence-electron chi connectivity index (χ4n) is 5.13. The van der Waals surface area contributed by atoms with Crippen molar-refractivity contribution in [1.29, 1.82) is 0 Å². The van der Waals surface area contributed by atoms with Gasteiger partial charge in [0.15, 0.2) is 11.5 Å². The van der Waals surface area contributed by atoms with Crippen LogP contribution in [0.1, 0.15) is 81.3 Å². The van der Waals surface area contributed by atoms with Crippen LogP contribution in [0.4, 0.5) is 17.1 Å². The number of unbranched alkanes of at least 4 members (excludes halogenated alkanes) is 6. The summed E-state index contributed by atoms with van der Waals surface area (Å²) in [7, 11) is 2.60. The second-order valence-corrected chi connectivity index (χ2v) is 10.3. The van der Waals surface area contributed by atoms with E-state index in [4.69, 9.17) is 18.9 Å². The number of carbonyl (C=O) groups excluding carboxylic acids is 1. The Morgan fingerprint density at radius 2 is 1.39 bits per heavy atom. The standard InChI is InChI=1S/C30H36N4O10/c1-5-7-9-11-13-43-29-17(33(37)38)15-19(41-3)23-21(29)27(35)25(31-23)26-28(36)22-24(32-26)20(42-4)16-18(34(39)40)30(22)44-14-12-10-8-6-2/h15-16,31,35H,5-14H2,1-4H3. The quantitative estimate of drug-likeness (QED) is 0.0917. The van der Waals surface area contributed by atoms with E-state index in [2.05, 4.69) is 23.8 Å². The highest BCUT2D eigenvalue weighted by atomic mass is 16.6. The normalized spacial score (nSPS) is 12.3. The summed E-state index contributed by atoms with van der Waals surface area (Å²) in [5, 5.41) is 35.4. The zero-order valence-corrected chi connectivity index (χ0v) is 25.2. The topological polar surface area (TPSA) is 189 Å². The molecule has 14 heteroatoms. The van der Waals surface area contributed by atoms with Crippen molar-refractivity contribution in [2.45, 2.75) is 65.2 Å². The largest absolute Gasteiger partial charge is 0.505 e. The van der Waals surface area contributed by atoms with Crippen molar-refractivity contribution in [2.75, 3.05) is 27.4 Å². The minimum absolute atomic E-state index is 0.00468. The van der Waals surface area contributed by atoms with Crippen molar-refractivity contribution >= 4 is 39.5 Å². The monoisotopic (exact) mass is 612 g/mol. The van der Waals surface area contributed by atoms with Crippen LogP contribution in [0.5, 0.6) is 28.7 Å². The Kier molecular flexibility index (Phi) is 10.2. The van der Waals surface area contributed by atoms with E-state index < -0.39 is 32.8 Å². The molecule has 44 heavy (non-hydrogen) atoms. The number of aliphatic imine (C=N–C) groups is 1. The third-order valence-corrected chi connectivity index (χ3v) is 7.37. The lowest BCUT2D eigenvalue weighted by Gasteiger charge is -2.12. The van der Waals surface area contributed by atoms with Gasteiger partial charge >= 0.3 is 11.4 Å². The molecule has 0 aliphatic carbocycles. The van der Waals surface area contributed by atoms with Crippen molar-refractivity contribution < 1.29 is 38.7 Å². The van der Waals surface area contributed by atoms with E-state index >= 15 is 0 Å². The maximum Gasteiger partial charge on any atom is 0.315 e. The second-order valence-electron chi connectivity index (χ2n) is 10.3. The van der Waals surface area contributed by atoms with Crippen LogP contribution >= 0.6 is 0 Å². The first-order valence-electron chi connectivity index (χ1n) is 14.6. The number of benzene rings is 2. The number of nitro groups is 2. The zero-order chi connectivity index (χ0) is 32.0. The van der Waals surface area contributed by atoms with Gasteiger partial charge in [-0.15, -0.1) is 0 Å². The molecule has 0 unspecified atom stereocenters. The molecule has 0 atom stereocenters. The lowest BCUT2D eigenvalue weighted by atomic mass is 10.0. The molecule has 2 aromatic carbocycles. The summed E-state index contributed by atoms with van der Waals surface area (Å²) in [6.07, 6.45) is 6.87. The van der Waals surface area contributed by atoms with E-state index in [0.717, 1.165) is 44.6 Å². The van der Waals surface area contributed by atoms with Crippen LogP contribution in [0.3, 0.4) is 0 Å². The molecule has 3 aromatic rings. The van der Waals surface area contributed by atoms with Crippen LogP contribution in [0, 0.1) is 20.2 Å². The van der Waals surface area contributed by atoms with Gasteiger partial charge in [-0.25, -0.2) is 4.99 Å². The molecule has 0 saturated heterocycles. The number of hydrogen-bond acceptors (Lipinski definition) is 11. The summed E-state index contributed by atoms with van der Waals surface area (Å²) in [6.45, 7) is 4.41. The predicted molar refractivity (Wildman–Crippen MR) is 163 cm³/mol.